The second kappa shape index (κ2) is 4.11. The minimum atomic E-state index is 0.546. The zero-order valence-electron chi connectivity index (χ0n) is 7.79. The van der Waals surface area contributed by atoms with E-state index in [0.717, 1.165) is 26.2 Å². The summed E-state index contributed by atoms with van der Waals surface area (Å²) in [5.41, 5.74) is 0.559. The fourth-order valence-electron chi connectivity index (χ4n) is 1.50. The van der Waals surface area contributed by atoms with Crippen molar-refractivity contribution in [1.29, 1.82) is 5.26 Å². The van der Waals surface area contributed by atoms with Crippen LogP contribution in [0.25, 0.3) is 0 Å². The fourth-order valence-corrected chi connectivity index (χ4v) is 1.50. The molecule has 1 fully saturated rings. The van der Waals surface area contributed by atoms with Gasteiger partial charge in [0.1, 0.15) is 17.5 Å². The largest absolute Gasteiger partial charge is 0.381 e. The maximum Gasteiger partial charge on any atom is 0.139 e. The van der Waals surface area contributed by atoms with Crippen molar-refractivity contribution >= 4 is 5.82 Å². The quantitative estimate of drug-likeness (QED) is 0.740. The van der Waals surface area contributed by atoms with E-state index in [9.17, 15) is 0 Å². The van der Waals surface area contributed by atoms with E-state index in [0.29, 0.717) is 17.3 Å². The monoisotopic (exact) mass is 192 g/mol. The molecule has 1 aliphatic rings. The molecule has 0 aliphatic carbocycles. The van der Waals surface area contributed by atoms with Crippen molar-refractivity contribution in [1.82, 2.24) is 10.2 Å². The highest BCUT2D eigenvalue weighted by Crippen LogP contribution is 2.14. The minimum absolute atomic E-state index is 0.546. The number of aromatic nitrogens is 2. The van der Waals surface area contributed by atoms with Crippen LogP contribution in [0.3, 0.4) is 0 Å². The van der Waals surface area contributed by atoms with Crippen LogP contribution in [-0.2, 0) is 4.74 Å². The minimum Gasteiger partial charge on any atom is -0.381 e. The van der Waals surface area contributed by atoms with Gasteiger partial charge in [0.05, 0.1) is 12.8 Å². The van der Waals surface area contributed by atoms with Gasteiger partial charge in [-0.25, -0.2) is 0 Å². The number of rotatable bonds is 3. The van der Waals surface area contributed by atoms with E-state index in [-0.39, 0.29) is 0 Å². The molecule has 5 nitrogen and oxygen atoms in total. The van der Waals surface area contributed by atoms with E-state index in [1.165, 1.54) is 6.20 Å². The van der Waals surface area contributed by atoms with Crippen molar-refractivity contribution < 1.29 is 4.74 Å². The summed E-state index contributed by atoms with van der Waals surface area (Å²) in [7, 11) is 0. The van der Waals surface area contributed by atoms with Gasteiger partial charge < -0.3 is 10.1 Å². The number of hydrogen-bond acceptors (Lipinski definition) is 4. The van der Waals surface area contributed by atoms with Crippen LogP contribution in [0.15, 0.2) is 6.20 Å². The lowest BCUT2D eigenvalue weighted by Gasteiger charge is -2.08. The van der Waals surface area contributed by atoms with Crippen molar-refractivity contribution in [3.63, 3.8) is 0 Å². The Labute approximate surface area is 82.1 Å². The Kier molecular flexibility index (Phi) is 2.65. The number of ether oxygens (including phenoxy) is 1. The standard InChI is InChI=1S/C9H12N4O/c10-3-8-5-12-13-9(8)11-4-7-1-2-14-6-7/h5,7H,1-2,4,6H2,(H2,11,12,13). The first kappa shape index (κ1) is 9.03. The third-order valence-electron chi connectivity index (χ3n) is 2.35. The molecule has 0 spiro atoms. The molecule has 1 atom stereocenters. The summed E-state index contributed by atoms with van der Waals surface area (Å²) in [6.45, 7) is 2.49. The van der Waals surface area contributed by atoms with Crippen LogP contribution < -0.4 is 5.32 Å². The maximum absolute atomic E-state index is 8.72. The van der Waals surface area contributed by atoms with Crippen LogP contribution >= 0.6 is 0 Å². The Hall–Kier alpha value is -1.54. The Bertz CT molecular complexity index is 335. The number of anilines is 1. The van der Waals surface area contributed by atoms with Crippen LogP contribution in [-0.4, -0.2) is 30.0 Å². The Balaban J connectivity index is 1.88. The van der Waals surface area contributed by atoms with Crippen LogP contribution in [0.2, 0.25) is 0 Å². The number of nitrogens with zero attached hydrogens (tertiary/aromatic N) is 2. The number of H-pyrrole nitrogens is 1. The Morgan fingerprint density at radius 3 is 3.43 bits per heavy atom. The lowest BCUT2D eigenvalue weighted by atomic mass is 10.1. The molecule has 1 unspecified atom stereocenters. The molecule has 1 aromatic heterocycles. The van der Waals surface area contributed by atoms with E-state index in [4.69, 9.17) is 10.00 Å². The van der Waals surface area contributed by atoms with Crippen molar-refractivity contribution in [2.45, 2.75) is 6.42 Å². The van der Waals surface area contributed by atoms with E-state index < -0.39 is 0 Å². The molecule has 1 aromatic rings. The normalized spacial score (nSPS) is 20.6. The molecule has 74 valence electrons. The third kappa shape index (κ3) is 1.86. The van der Waals surface area contributed by atoms with E-state index >= 15 is 0 Å². The van der Waals surface area contributed by atoms with Gasteiger partial charge in [-0.1, -0.05) is 0 Å². The SMILES string of the molecule is N#Cc1cn[nH]c1NCC1CCOC1. The van der Waals surface area contributed by atoms with Crippen molar-refractivity contribution in [3.05, 3.63) is 11.8 Å². The molecule has 5 heteroatoms. The molecular formula is C9H12N4O. The van der Waals surface area contributed by atoms with Gasteiger partial charge in [0.25, 0.3) is 0 Å². The highest BCUT2D eigenvalue weighted by molar-refractivity contribution is 5.50. The molecular weight excluding hydrogens is 180 g/mol. The molecule has 0 radical (unpaired) electrons. The van der Waals surface area contributed by atoms with Gasteiger partial charge in [-0.3, -0.25) is 5.10 Å². The summed E-state index contributed by atoms with van der Waals surface area (Å²) in [5.74, 6) is 1.25. The molecule has 2 rings (SSSR count). The first-order chi connectivity index (χ1) is 6.90. The number of hydrogen-bond donors (Lipinski definition) is 2. The predicted octanol–water partition coefficient (Wildman–Crippen LogP) is 0.730. The van der Waals surface area contributed by atoms with Gasteiger partial charge in [0.2, 0.25) is 0 Å². The van der Waals surface area contributed by atoms with E-state index in [2.05, 4.69) is 21.6 Å². The third-order valence-corrected chi connectivity index (χ3v) is 2.35. The van der Waals surface area contributed by atoms with E-state index in [1.54, 1.807) is 0 Å². The molecule has 0 saturated carbocycles. The average molecular weight is 192 g/mol. The average Bonchev–Trinajstić information content (AvgIpc) is 2.85. The van der Waals surface area contributed by atoms with Gasteiger partial charge in [-0.2, -0.15) is 10.4 Å². The smallest absolute Gasteiger partial charge is 0.139 e. The molecule has 2 N–H and O–H groups in total. The van der Waals surface area contributed by atoms with Gasteiger partial charge in [-0.05, 0) is 6.42 Å². The number of aromatic amines is 1. The fraction of sp³-hybridized carbons (Fsp3) is 0.556. The molecule has 0 bridgehead atoms. The molecule has 0 amide bonds. The molecule has 14 heavy (non-hydrogen) atoms. The zero-order chi connectivity index (χ0) is 9.80. The second-order valence-electron chi connectivity index (χ2n) is 3.38. The topological polar surface area (TPSA) is 73.7 Å². The first-order valence-corrected chi connectivity index (χ1v) is 4.65. The lowest BCUT2D eigenvalue weighted by molar-refractivity contribution is 0.187. The summed E-state index contributed by atoms with van der Waals surface area (Å²) in [6.07, 6.45) is 2.61. The van der Waals surface area contributed by atoms with Gasteiger partial charge in [0.15, 0.2) is 0 Å². The highest BCUT2D eigenvalue weighted by Gasteiger charge is 2.15. The van der Waals surface area contributed by atoms with Gasteiger partial charge in [0, 0.05) is 19.1 Å². The van der Waals surface area contributed by atoms with Crippen LogP contribution in [0.5, 0.6) is 0 Å². The highest BCUT2D eigenvalue weighted by atomic mass is 16.5. The molecule has 0 aromatic carbocycles. The number of nitriles is 1. The summed E-state index contributed by atoms with van der Waals surface area (Å²) in [6, 6.07) is 2.06. The summed E-state index contributed by atoms with van der Waals surface area (Å²) in [5, 5.41) is 18.4. The van der Waals surface area contributed by atoms with Crippen LogP contribution in [0.1, 0.15) is 12.0 Å². The molecule has 2 heterocycles. The Morgan fingerprint density at radius 2 is 2.71 bits per heavy atom. The summed E-state index contributed by atoms with van der Waals surface area (Å²) in [4.78, 5) is 0. The first-order valence-electron chi connectivity index (χ1n) is 4.65. The molecule has 1 saturated heterocycles. The van der Waals surface area contributed by atoms with Crippen LogP contribution in [0, 0.1) is 17.2 Å². The Morgan fingerprint density at radius 1 is 1.79 bits per heavy atom. The van der Waals surface area contributed by atoms with Crippen LogP contribution in [0.4, 0.5) is 5.82 Å². The van der Waals surface area contributed by atoms with Gasteiger partial charge >= 0.3 is 0 Å². The second-order valence-corrected chi connectivity index (χ2v) is 3.38. The summed E-state index contributed by atoms with van der Waals surface area (Å²) < 4.78 is 5.25. The maximum atomic E-state index is 8.72. The molecule has 1 aliphatic heterocycles. The summed E-state index contributed by atoms with van der Waals surface area (Å²) >= 11 is 0. The zero-order valence-corrected chi connectivity index (χ0v) is 7.79. The van der Waals surface area contributed by atoms with Crippen molar-refractivity contribution in [2.75, 3.05) is 25.1 Å². The van der Waals surface area contributed by atoms with Crippen molar-refractivity contribution in [3.8, 4) is 6.07 Å². The van der Waals surface area contributed by atoms with Gasteiger partial charge in [-0.15, -0.1) is 0 Å². The number of nitrogens with one attached hydrogen (secondary N) is 2. The van der Waals surface area contributed by atoms with Crippen molar-refractivity contribution in [2.24, 2.45) is 5.92 Å². The lowest BCUT2D eigenvalue weighted by Crippen LogP contribution is -2.14. The van der Waals surface area contributed by atoms with E-state index in [1.807, 2.05) is 0 Å². The predicted molar refractivity (Wildman–Crippen MR) is 50.7 cm³/mol.